The quantitative estimate of drug-likeness (QED) is 0.549. The molecule has 1 fully saturated rings. The van der Waals surface area contributed by atoms with Crippen LogP contribution in [0.5, 0.6) is 0 Å². The van der Waals surface area contributed by atoms with Gasteiger partial charge in [-0.1, -0.05) is 50.6 Å². The highest BCUT2D eigenvalue weighted by atomic mass is 35.5. The molecule has 0 spiro atoms. The Balaban J connectivity index is 1.66. The van der Waals surface area contributed by atoms with E-state index in [0.29, 0.717) is 23.8 Å². The standard InChI is InChI=1S/C21H29ClN4O2S/c1-2-19(27)24-16(12-20-25-15-9-8-14(22)11-17(15)29-20)21(28)26-18(23)10-13-6-4-3-5-7-13/h8-9,11,13,16,18H,2-7,10,12,23H2,1H3,(H,24,27)(H,26,28). The summed E-state index contributed by atoms with van der Waals surface area (Å²) < 4.78 is 0.961. The van der Waals surface area contributed by atoms with Crippen LogP contribution >= 0.6 is 22.9 Å². The fourth-order valence-electron chi connectivity index (χ4n) is 3.84. The lowest BCUT2D eigenvalue weighted by Crippen LogP contribution is -2.53. The number of nitrogens with one attached hydrogen (secondary N) is 2. The van der Waals surface area contributed by atoms with Crippen LogP contribution in [0.25, 0.3) is 10.2 Å². The Morgan fingerprint density at radius 1 is 1.28 bits per heavy atom. The third-order valence-corrected chi connectivity index (χ3v) is 6.66. The number of amides is 2. The fourth-order valence-corrected chi connectivity index (χ4v) is 5.13. The average molecular weight is 437 g/mol. The molecule has 3 rings (SSSR count). The number of halogens is 1. The molecule has 6 nitrogen and oxygen atoms in total. The summed E-state index contributed by atoms with van der Waals surface area (Å²) in [4.78, 5) is 29.4. The van der Waals surface area contributed by atoms with Crippen molar-refractivity contribution in [3.8, 4) is 0 Å². The van der Waals surface area contributed by atoms with Gasteiger partial charge in [0.05, 0.1) is 21.4 Å². The number of carbonyl (C=O) groups is 2. The summed E-state index contributed by atoms with van der Waals surface area (Å²) in [5, 5.41) is 7.14. The van der Waals surface area contributed by atoms with Crippen LogP contribution in [0.2, 0.25) is 5.02 Å². The summed E-state index contributed by atoms with van der Waals surface area (Å²) in [7, 11) is 0. The summed E-state index contributed by atoms with van der Waals surface area (Å²) in [6.07, 6.45) is 7.13. The number of carbonyl (C=O) groups excluding carboxylic acids is 2. The second kappa shape index (κ2) is 10.4. The smallest absolute Gasteiger partial charge is 0.244 e. The van der Waals surface area contributed by atoms with E-state index in [0.717, 1.165) is 21.6 Å². The molecular formula is C21H29ClN4O2S. The number of thiazole rings is 1. The first-order valence-corrected chi connectivity index (χ1v) is 11.5. The van der Waals surface area contributed by atoms with Crippen molar-refractivity contribution in [1.82, 2.24) is 15.6 Å². The molecule has 0 saturated heterocycles. The van der Waals surface area contributed by atoms with Crippen LogP contribution in [-0.4, -0.2) is 29.0 Å². The molecule has 4 N–H and O–H groups in total. The summed E-state index contributed by atoms with van der Waals surface area (Å²) in [5.74, 6) is 0.138. The predicted molar refractivity (Wildman–Crippen MR) is 118 cm³/mol. The predicted octanol–water partition coefficient (Wildman–Crippen LogP) is 3.76. The molecule has 1 aliphatic rings. The maximum absolute atomic E-state index is 12.9. The molecule has 8 heteroatoms. The number of nitrogens with two attached hydrogens (primary N) is 1. The lowest BCUT2D eigenvalue weighted by molar-refractivity contribution is -0.129. The van der Waals surface area contributed by atoms with Gasteiger partial charge in [-0.15, -0.1) is 11.3 Å². The number of benzene rings is 1. The van der Waals surface area contributed by atoms with E-state index in [1.54, 1.807) is 13.0 Å². The average Bonchev–Trinajstić information content (AvgIpc) is 3.09. The van der Waals surface area contributed by atoms with Crippen LogP contribution in [-0.2, 0) is 16.0 Å². The zero-order valence-corrected chi connectivity index (χ0v) is 18.3. The van der Waals surface area contributed by atoms with Gasteiger partial charge in [0.2, 0.25) is 11.8 Å². The Morgan fingerprint density at radius 2 is 2.03 bits per heavy atom. The number of hydrogen-bond acceptors (Lipinski definition) is 5. The van der Waals surface area contributed by atoms with Crippen molar-refractivity contribution in [3.63, 3.8) is 0 Å². The van der Waals surface area contributed by atoms with Crippen molar-refractivity contribution in [3.05, 3.63) is 28.2 Å². The van der Waals surface area contributed by atoms with Gasteiger partial charge in [-0.05, 0) is 30.5 Å². The molecular weight excluding hydrogens is 408 g/mol. The van der Waals surface area contributed by atoms with Gasteiger partial charge in [0.1, 0.15) is 6.04 Å². The molecule has 1 saturated carbocycles. The normalized spacial score (nSPS) is 17.1. The van der Waals surface area contributed by atoms with Gasteiger partial charge >= 0.3 is 0 Å². The molecule has 2 amide bonds. The zero-order valence-electron chi connectivity index (χ0n) is 16.7. The SMILES string of the molecule is CCC(=O)NC(Cc1nc2ccc(Cl)cc2s1)C(=O)NC(N)CC1CCCCC1. The van der Waals surface area contributed by atoms with Crippen LogP contribution in [0.4, 0.5) is 0 Å². The van der Waals surface area contributed by atoms with Gasteiger partial charge in [0.25, 0.3) is 0 Å². The number of nitrogens with zero attached hydrogens (tertiary/aromatic N) is 1. The van der Waals surface area contributed by atoms with E-state index < -0.39 is 12.2 Å². The Kier molecular flexibility index (Phi) is 7.86. The monoisotopic (exact) mass is 436 g/mol. The van der Waals surface area contributed by atoms with Crippen LogP contribution in [0.3, 0.4) is 0 Å². The molecule has 0 bridgehead atoms. The molecule has 1 aliphatic carbocycles. The van der Waals surface area contributed by atoms with E-state index in [1.165, 1.54) is 43.4 Å². The van der Waals surface area contributed by atoms with Crippen LogP contribution in [0.1, 0.15) is 56.9 Å². The van der Waals surface area contributed by atoms with Gasteiger partial charge in [-0.25, -0.2) is 4.98 Å². The van der Waals surface area contributed by atoms with Crippen molar-refractivity contribution < 1.29 is 9.59 Å². The molecule has 2 unspecified atom stereocenters. The molecule has 1 aromatic carbocycles. The van der Waals surface area contributed by atoms with Crippen molar-refractivity contribution in [2.24, 2.45) is 11.7 Å². The topological polar surface area (TPSA) is 97.1 Å². The lowest BCUT2D eigenvalue weighted by atomic mass is 9.86. The van der Waals surface area contributed by atoms with E-state index >= 15 is 0 Å². The minimum atomic E-state index is -0.698. The highest BCUT2D eigenvalue weighted by Crippen LogP contribution is 2.27. The second-order valence-electron chi connectivity index (χ2n) is 7.75. The van der Waals surface area contributed by atoms with Gasteiger partial charge < -0.3 is 16.4 Å². The maximum Gasteiger partial charge on any atom is 0.244 e. The number of aromatic nitrogens is 1. The summed E-state index contributed by atoms with van der Waals surface area (Å²) >= 11 is 7.53. The number of hydrogen-bond donors (Lipinski definition) is 3. The van der Waals surface area contributed by atoms with E-state index in [9.17, 15) is 9.59 Å². The Morgan fingerprint density at radius 3 is 2.76 bits per heavy atom. The molecule has 2 atom stereocenters. The highest BCUT2D eigenvalue weighted by Gasteiger charge is 2.25. The zero-order chi connectivity index (χ0) is 20.8. The van der Waals surface area contributed by atoms with Crippen molar-refractivity contribution >= 4 is 45.0 Å². The first kappa shape index (κ1) is 22.0. The summed E-state index contributed by atoms with van der Waals surface area (Å²) in [6.45, 7) is 1.76. The Hall–Kier alpha value is -1.70. The maximum atomic E-state index is 12.9. The largest absolute Gasteiger partial charge is 0.344 e. The lowest BCUT2D eigenvalue weighted by Gasteiger charge is -2.26. The molecule has 0 radical (unpaired) electrons. The van der Waals surface area contributed by atoms with Crippen molar-refractivity contribution in [1.29, 1.82) is 0 Å². The molecule has 2 aromatic rings. The molecule has 0 aliphatic heterocycles. The molecule has 1 heterocycles. The van der Waals surface area contributed by atoms with Gasteiger partial charge in [-0.2, -0.15) is 0 Å². The van der Waals surface area contributed by atoms with Crippen molar-refractivity contribution in [2.45, 2.75) is 70.5 Å². The summed E-state index contributed by atoms with van der Waals surface area (Å²) in [6, 6.07) is 4.81. The van der Waals surface area contributed by atoms with Gasteiger partial charge in [0, 0.05) is 17.9 Å². The Labute approximate surface area is 180 Å². The van der Waals surface area contributed by atoms with Gasteiger partial charge in [-0.3, -0.25) is 9.59 Å². The molecule has 29 heavy (non-hydrogen) atoms. The van der Waals surface area contributed by atoms with Crippen LogP contribution in [0, 0.1) is 5.92 Å². The minimum Gasteiger partial charge on any atom is -0.344 e. The van der Waals surface area contributed by atoms with Crippen LogP contribution < -0.4 is 16.4 Å². The molecule has 1 aromatic heterocycles. The highest BCUT2D eigenvalue weighted by molar-refractivity contribution is 7.18. The second-order valence-corrected chi connectivity index (χ2v) is 9.30. The third-order valence-electron chi connectivity index (χ3n) is 5.39. The van der Waals surface area contributed by atoms with E-state index in [-0.39, 0.29) is 11.8 Å². The molecule has 158 valence electrons. The minimum absolute atomic E-state index is 0.171. The number of fused-ring (bicyclic) bond motifs is 1. The third kappa shape index (κ3) is 6.39. The van der Waals surface area contributed by atoms with Crippen molar-refractivity contribution in [2.75, 3.05) is 0 Å². The number of rotatable bonds is 8. The fraction of sp³-hybridized carbons (Fsp3) is 0.571. The first-order chi connectivity index (χ1) is 13.9. The van der Waals surface area contributed by atoms with Crippen LogP contribution in [0.15, 0.2) is 18.2 Å². The Bertz CT molecular complexity index is 850. The van der Waals surface area contributed by atoms with Gasteiger partial charge in [0.15, 0.2) is 0 Å². The van der Waals surface area contributed by atoms with E-state index in [1.807, 2.05) is 12.1 Å². The van der Waals surface area contributed by atoms with E-state index in [4.69, 9.17) is 17.3 Å². The van der Waals surface area contributed by atoms with E-state index in [2.05, 4.69) is 15.6 Å². The summed E-state index contributed by atoms with van der Waals surface area (Å²) in [5.41, 5.74) is 7.04. The first-order valence-electron chi connectivity index (χ1n) is 10.3.